The van der Waals surface area contributed by atoms with E-state index in [4.69, 9.17) is 5.73 Å². The highest BCUT2D eigenvalue weighted by atomic mass is 16.2. The molecule has 4 aliphatic rings. The second-order valence-electron chi connectivity index (χ2n) is 12.3. The first-order valence-corrected chi connectivity index (χ1v) is 15.2. The second kappa shape index (κ2) is 14.0. The highest BCUT2D eigenvalue weighted by molar-refractivity contribution is 5.90. The van der Waals surface area contributed by atoms with Crippen LogP contribution in [0.25, 0.3) is 0 Å². The summed E-state index contributed by atoms with van der Waals surface area (Å²) in [5, 5.41) is 6.91. The standard InChI is InChI=1S/C29H52N4O2/c30-25-15-13-24(14-16-25)21-32-28(34)27-12-7-19-33(27)29(35)26(20-23-10-5-2-6-11-23)31-18-17-22-8-3-1-4-9-22/h22-27,31H,1-21,30H2,(H,32,34)/t24?,25?,26-,27+/m1/s1. The lowest BCUT2D eigenvalue weighted by Crippen LogP contribution is -2.53. The maximum absolute atomic E-state index is 13.8. The van der Waals surface area contributed by atoms with Gasteiger partial charge in [0.2, 0.25) is 11.8 Å². The number of amides is 2. The van der Waals surface area contributed by atoms with Crippen molar-refractivity contribution in [1.29, 1.82) is 0 Å². The lowest BCUT2D eigenvalue weighted by molar-refractivity contribution is -0.140. The molecule has 6 heteroatoms. The highest BCUT2D eigenvalue weighted by Gasteiger charge is 2.38. The van der Waals surface area contributed by atoms with E-state index in [1.165, 1.54) is 70.6 Å². The molecule has 1 heterocycles. The molecule has 1 saturated heterocycles. The summed E-state index contributed by atoms with van der Waals surface area (Å²) in [5.41, 5.74) is 6.04. The number of likely N-dealkylation sites (tertiary alicyclic amines) is 1. The average molecular weight is 489 g/mol. The summed E-state index contributed by atoms with van der Waals surface area (Å²) in [7, 11) is 0. The number of nitrogens with one attached hydrogen (secondary N) is 2. The molecule has 0 aromatic heterocycles. The van der Waals surface area contributed by atoms with E-state index in [9.17, 15) is 9.59 Å². The number of rotatable bonds is 10. The van der Waals surface area contributed by atoms with E-state index in [0.717, 1.165) is 70.5 Å². The van der Waals surface area contributed by atoms with Crippen LogP contribution in [0.1, 0.15) is 116 Å². The minimum Gasteiger partial charge on any atom is -0.354 e. The second-order valence-corrected chi connectivity index (χ2v) is 12.3. The SMILES string of the molecule is NC1CCC(CNC(=O)[C@@H]2CCCN2C(=O)[C@@H](CC2CCCCC2)NCCC2CCCCC2)CC1. The van der Waals surface area contributed by atoms with Crippen molar-refractivity contribution in [2.75, 3.05) is 19.6 Å². The van der Waals surface area contributed by atoms with Gasteiger partial charge in [-0.3, -0.25) is 9.59 Å². The van der Waals surface area contributed by atoms with Gasteiger partial charge in [-0.1, -0.05) is 64.2 Å². The normalized spacial score (nSPS) is 29.7. The van der Waals surface area contributed by atoms with Crippen LogP contribution in [0.3, 0.4) is 0 Å². The third-order valence-corrected chi connectivity index (χ3v) is 9.55. The molecule has 0 aromatic rings. The molecule has 0 aromatic carbocycles. The van der Waals surface area contributed by atoms with Crippen molar-refractivity contribution >= 4 is 11.8 Å². The molecule has 3 saturated carbocycles. The third kappa shape index (κ3) is 8.18. The summed E-state index contributed by atoms with van der Waals surface area (Å²) >= 11 is 0. The van der Waals surface area contributed by atoms with Crippen molar-refractivity contribution in [2.24, 2.45) is 23.5 Å². The molecule has 0 radical (unpaired) electrons. The molecular formula is C29H52N4O2. The molecule has 1 aliphatic heterocycles. The molecule has 4 rings (SSSR count). The van der Waals surface area contributed by atoms with E-state index in [1.54, 1.807) is 0 Å². The van der Waals surface area contributed by atoms with Crippen molar-refractivity contribution in [2.45, 2.75) is 134 Å². The average Bonchev–Trinajstić information content (AvgIpc) is 3.39. The quantitative estimate of drug-likeness (QED) is 0.422. The Balaban J connectivity index is 1.31. The van der Waals surface area contributed by atoms with Crippen molar-refractivity contribution < 1.29 is 9.59 Å². The van der Waals surface area contributed by atoms with Gasteiger partial charge in [-0.2, -0.15) is 0 Å². The molecule has 200 valence electrons. The Morgan fingerprint density at radius 3 is 2.11 bits per heavy atom. The molecule has 3 aliphatic carbocycles. The van der Waals surface area contributed by atoms with Gasteiger partial charge in [0.05, 0.1) is 6.04 Å². The number of carbonyl (C=O) groups is 2. The first-order valence-electron chi connectivity index (χ1n) is 15.2. The van der Waals surface area contributed by atoms with Crippen molar-refractivity contribution in [3.8, 4) is 0 Å². The summed E-state index contributed by atoms with van der Waals surface area (Å²) in [5.74, 6) is 2.24. The molecule has 0 unspecified atom stereocenters. The Labute approximate surface area is 213 Å². The third-order valence-electron chi connectivity index (χ3n) is 9.55. The van der Waals surface area contributed by atoms with Crippen molar-refractivity contribution in [3.05, 3.63) is 0 Å². The van der Waals surface area contributed by atoms with E-state index in [1.807, 2.05) is 4.90 Å². The van der Waals surface area contributed by atoms with Crippen LogP contribution in [0.2, 0.25) is 0 Å². The van der Waals surface area contributed by atoms with Crippen LogP contribution >= 0.6 is 0 Å². The molecular weight excluding hydrogens is 436 g/mol. The molecule has 2 amide bonds. The molecule has 4 fully saturated rings. The Hall–Kier alpha value is -1.14. The van der Waals surface area contributed by atoms with Gasteiger partial charge in [0, 0.05) is 19.1 Å². The lowest BCUT2D eigenvalue weighted by atomic mass is 9.84. The van der Waals surface area contributed by atoms with Crippen LogP contribution in [0.4, 0.5) is 0 Å². The smallest absolute Gasteiger partial charge is 0.242 e. The number of carbonyl (C=O) groups excluding carboxylic acids is 2. The topological polar surface area (TPSA) is 87.5 Å². The Kier molecular flexibility index (Phi) is 10.7. The van der Waals surface area contributed by atoms with Gasteiger partial charge in [-0.25, -0.2) is 0 Å². The van der Waals surface area contributed by atoms with Gasteiger partial charge in [0.25, 0.3) is 0 Å². The highest BCUT2D eigenvalue weighted by Crippen LogP contribution is 2.30. The summed E-state index contributed by atoms with van der Waals surface area (Å²) < 4.78 is 0. The van der Waals surface area contributed by atoms with E-state index in [2.05, 4.69) is 10.6 Å². The molecule has 6 nitrogen and oxygen atoms in total. The maximum atomic E-state index is 13.8. The summed E-state index contributed by atoms with van der Waals surface area (Å²) in [6, 6.07) is -0.0890. The van der Waals surface area contributed by atoms with Crippen LogP contribution in [0, 0.1) is 17.8 Å². The Bertz CT molecular complexity index is 651. The fourth-order valence-electron chi connectivity index (χ4n) is 7.22. The predicted octanol–water partition coefficient (Wildman–Crippen LogP) is 4.51. The van der Waals surface area contributed by atoms with Crippen LogP contribution in [-0.2, 0) is 9.59 Å². The van der Waals surface area contributed by atoms with Gasteiger partial charge in [0.15, 0.2) is 0 Å². The fourth-order valence-corrected chi connectivity index (χ4v) is 7.22. The summed E-state index contributed by atoms with van der Waals surface area (Å²) in [6.07, 6.45) is 21.4. The zero-order valence-electron chi connectivity index (χ0n) is 22.2. The van der Waals surface area contributed by atoms with Crippen molar-refractivity contribution in [3.63, 3.8) is 0 Å². The zero-order chi connectivity index (χ0) is 24.5. The zero-order valence-corrected chi connectivity index (χ0v) is 22.2. The Morgan fingerprint density at radius 1 is 0.771 bits per heavy atom. The predicted molar refractivity (Wildman–Crippen MR) is 142 cm³/mol. The number of nitrogens with zero attached hydrogens (tertiary/aromatic N) is 1. The fraction of sp³-hybridized carbons (Fsp3) is 0.931. The molecule has 0 bridgehead atoms. The van der Waals surface area contributed by atoms with Gasteiger partial charge in [-0.05, 0) is 75.7 Å². The Morgan fingerprint density at radius 2 is 1.43 bits per heavy atom. The van der Waals surface area contributed by atoms with Crippen LogP contribution < -0.4 is 16.4 Å². The maximum Gasteiger partial charge on any atom is 0.242 e. The van der Waals surface area contributed by atoms with E-state index >= 15 is 0 Å². The number of hydrogen-bond donors (Lipinski definition) is 3. The lowest BCUT2D eigenvalue weighted by Gasteiger charge is -2.33. The molecule has 2 atom stereocenters. The summed E-state index contributed by atoms with van der Waals surface area (Å²) in [6.45, 7) is 2.39. The van der Waals surface area contributed by atoms with E-state index < -0.39 is 0 Å². The number of hydrogen-bond acceptors (Lipinski definition) is 4. The van der Waals surface area contributed by atoms with Gasteiger partial charge < -0.3 is 21.3 Å². The van der Waals surface area contributed by atoms with E-state index in [0.29, 0.717) is 17.9 Å². The minimum absolute atomic E-state index is 0.0596. The molecule has 0 spiro atoms. The monoisotopic (exact) mass is 488 g/mol. The minimum atomic E-state index is -0.289. The molecule has 4 N–H and O–H groups in total. The van der Waals surface area contributed by atoms with E-state index in [-0.39, 0.29) is 23.9 Å². The van der Waals surface area contributed by atoms with Gasteiger partial charge in [-0.15, -0.1) is 0 Å². The van der Waals surface area contributed by atoms with Crippen LogP contribution in [0.15, 0.2) is 0 Å². The first kappa shape index (κ1) is 26.9. The van der Waals surface area contributed by atoms with Crippen molar-refractivity contribution in [1.82, 2.24) is 15.5 Å². The summed E-state index contributed by atoms with van der Waals surface area (Å²) in [4.78, 5) is 28.9. The number of nitrogens with two attached hydrogens (primary N) is 1. The van der Waals surface area contributed by atoms with Crippen LogP contribution in [-0.4, -0.2) is 54.5 Å². The first-order chi connectivity index (χ1) is 17.1. The molecule has 35 heavy (non-hydrogen) atoms. The largest absolute Gasteiger partial charge is 0.354 e. The van der Waals surface area contributed by atoms with Crippen LogP contribution in [0.5, 0.6) is 0 Å². The van der Waals surface area contributed by atoms with Gasteiger partial charge >= 0.3 is 0 Å². The van der Waals surface area contributed by atoms with Gasteiger partial charge in [0.1, 0.15) is 6.04 Å².